The molecule has 0 aliphatic carbocycles. The maximum Gasteiger partial charge on any atom is 0.244 e. The minimum atomic E-state index is 0.116. The summed E-state index contributed by atoms with van der Waals surface area (Å²) >= 11 is 0. The van der Waals surface area contributed by atoms with Gasteiger partial charge in [0.2, 0.25) is 11.9 Å². The molecule has 8 heteroatoms. The number of carbonyl (C=O) groups is 1. The topological polar surface area (TPSA) is 70.4 Å². The minimum Gasteiger partial charge on any atom is -0.353 e. The number of piperazine rings is 1. The highest BCUT2D eigenvalue weighted by Gasteiger charge is 2.23. The number of nitrogens with zero attached hydrogens (tertiary/aromatic N) is 7. The Morgan fingerprint density at radius 3 is 2.50 bits per heavy atom. The molecule has 138 valence electrons. The first-order valence-corrected chi connectivity index (χ1v) is 9.30. The van der Waals surface area contributed by atoms with Crippen molar-refractivity contribution in [3.05, 3.63) is 30.2 Å². The van der Waals surface area contributed by atoms with Crippen molar-refractivity contribution in [2.24, 2.45) is 0 Å². The van der Waals surface area contributed by atoms with Gasteiger partial charge in [0, 0.05) is 63.4 Å². The van der Waals surface area contributed by atoms with Crippen molar-refractivity contribution in [2.75, 3.05) is 49.1 Å². The summed E-state index contributed by atoms with van der Waals surface area (Å²) < 4.78 is 1.67. The van der Waals surface area contributed by atoms with E-state index < -0.39 is 0 Å². The number of anilines is 2. The number of rotatable bonds is 4. The molecule has 0 unspecified atom stereocenters. The Bertz CT molecular complexity index is 747. The maximum atomic E-state index is 12.4. The summed E-state index contributed by atoms with van der Waals surface area (Å²) in [5, 5.41) is 4.11. The first-order chi connectivity index (χ1) is 12.7. The lowest BCUT2D eigenvalue weighted by atomic mass is 10.3. The summed E-state index contributed by atoms with van der Waals surface area (Å²) in [6.45, 7) is 7.41. The van der Waals surface area contributed by atoms with Crippen LogP contribution in [0.2, 0.25) is 0 Å². The number of amides is 1. The second-order valence-corrected chi connectivity index (χ2v) is 6.93. The quantitative estimate of drug-likeness (QED) is 0.813. The predicted molar refractivity (Wildman–Crippen MR) is 99.2 cm³/mol. The van der Waals surface area contributed by atoms with Gasteiger partial charge in [0.15, 0.2) is 0 Å². The Kier molecular flexibility index (Phi) is 4.73. The summed E-state index contributed by atoms with van der Waals surface area (Å²) in [5.74, 6) is 1.93. The van der Waals surface area contributed by atoms with E-state index >= 15 is 0 Å². The molecule has 2 aromatic rings. The number of aromatic nitrogens is 4. The van der Waals surface area contributed by atoms with Gasteiger partial charge in [0.25, 0.3) is 0 Å². The Morgan fingerprint density at radius 1 is 1.04 bits per heavy atom. The van der Waals surface area contributed by atoms with Crippen LogP contribution in [0.5, 0.6) is 0 Å². The third-order valence-electron chi connectivity index (χ3n) is 5.03. The standard InChI is InChI=1S/C18H25N7O/c1-15-13-16(21-18(20-15)24-6-2-3-7-24)22-9-11-23(12-10-22)17(26)14-25-8-4-5-19-25/h4-5,8,13H,2-3,6-7,9-12,14H2,1H3. The summed E-state index contributed by atoms with van der Waals surface area (Å²) in [4.78, 5) is 28.2. The number of carbonyl (C=O) groups excluding carboxylic acids is 1. The van der Waals surface area contributed by atoms with Crippen LogP contribution in [0.1, 0.15) is 18.5 Å². The molecule has 0 N–H and O–H groups in total. The molecule has 0 aromatic carbocycles. The van der Waals surface area contributed by atoms with Crippen LogP contribution in [0, 0.1) is 6.92 Å². The SMILES string of the molecule is Cc1cc(N2CCN(C(=O)Cn3cccn3)CC2)nc(N2CCCC2)n1. The highest BCUT2D eigenvalue weighted by atomic mass is 16.2. The molecular formula is C18H25N7O. The zero-order valence-electron chi connectivity index (χ0n) is 15.2. The molecule has 2 saturated heterocycles. The van der Waals surface area contributed by atoms with Crippen LogP contribution in [0.3, 0.4) is 0 Å². The van der Waals surface area contributed by atoms with Crippen LogP contribution in [-0.2, 0) is 11.3 Å². The van der Waals surface area contributed by atoms with Crippen LogP contribution >= 0.6 is 0 Å². The third-order valence-corrected chi connectivity index (χ3v) is 5.03. The van der Waals surface area contributed by atoms with Gasteiger partial charge in [-0.05, 0) is 25.8 Å². The van der Waals surface area contributed by atoms with Crippen molar-refractivity contribution in [1.82, 2.24) is 24.6 Å². The molecule has 0 spiro atoms. The fourth-order valence-electron chi connectivity index (χ4n) is 3.57. The third kappa shape index (κ3) is 3.63. The summed E-state index contributed by atoms with van der Waals surface area (Å²) in [6.07, 6.45) is 5.94. The highest BCUT2D eigenvalue weighted by Crippen LogP contribution is 2.21. The average Bonchev–Trinajstić information content (AvgIpc) is 3.35. The second-order valence-electron chi connectivity index (χ2n) is 6.93. The molecule has 0 radical (unpaired) electrons. The van der Waals surface area contributed by atoms with Gasteiger partial charge in [-0.25, -0.2) is 4.98 Å². The fraction of sp³-hybridized carbons (Fsp3) is 0.556. The van der Waals surface area contributed by atoms with Gasteiger partial charge in [-0.15, -0.1) is 0 Å². The van der Waals surface area contributed by atoms with Crippen molar-refractivity contribution < 1.29 is 4.79 Å². The van der Waals surface area contributed by atoms with Gasteiger partial charge in [-0.1, -0.05) is 0 Å². The molecule has 4 heterocycles. The van der Waals surface area contributed by atoms with E-state index in [4.69, 9.17) is 4.98 Å². The van der Waals surface area contributed by atoms with Crippen molar-refractivity contribution in [1.29, 1.82) is 0 Å². The molecule has 0 atom stereocenters. The molecule has 8 nitrogen and oxygen atoms in total. The zero-order valence-corrected chi connectivity index (χ0v) is 15.2. The van der Waals surface area contributed by atoms with E-state index in [1.165, 1.54) is 12.8 Å². The van der Waals surface area contributed by atoms with Gasteiger partial charge < -0.3 is 14.7 Å². The van der Waals surface area contributed by atoms with E-state index in [9.17, 15) is 4.79 Å². The molecular weight excluding hydrogens is 330 g/mol. The van der Waals surface area contributed by atoms with Crippen LogP contribution in [0.25, 0.3) is 0 Å². The molecule has 2 aliphatic rings. The van der Waals surface area contributed by atoms with E-state index in [0.717, 1.165) is 43.6 Å². The van der Waals surface area contributed by atoms with Gasteiger partial charge in [-0.2, -0.15) is 10.1 Å². The Morgan fingerprint density at radius 2 is 1.81 bits per heavy atom. The van der Waals surface area contributed by atoms with Gasteiger partial charge in [0.1, 0.15) is 12.4 Å². The summed E-state index contributed by atoms with van der Waals surface area (Å²) in [7, 11) is 0. The molecule has 2 fully saturated rings. The van der Waals surface area contributed by atoms with E-state index in [2.05, 4.69) is 19.9 Å². The van der Waals surface area contributed by atoms with Gasteiger partial charge >= 0.3 is 0 Å². The van der Waals surface area contributed by atoms with Crippen LogP contribution in [0.15, 0.2) is 24.5 Å². The molecule has 4 rings (SSSR count). The number of hydrogen-bond donors (Lipinski definition) is 0. The highest BCUT2D eigenvalue weighted by molar-refractivity contribution is 5.76. The maximum absolute atomic E-state index is 12.4. The van der Waals surface area contributed by atoms with Crippen molar-refractivity contribution in [2.45, 2.75) is 26.3 Å². The summed E-state index contributed by atoms with van der Waals surface area (Å²) in [5.41, 5.74) is 0.995. The lowest BCUT2D eigenvalue weighted by Gasteiger charge is -2.35. The molecule has 1 amide bonds. The second kappa shape index (κ2) is 7.31. The van der Waals surface area contributed by atoms with E-state index in [-0.39, 0.29) is 5.91 Å². The van der Waals surface area contributed by atoms with Crippen LogP contribution in [-0.4, -0.2) is 69.8 Å². The predicted octanol–water partition coefficient (Wildman–Crippen LogP) is 0.931. The molecule has 0 saturated carbocycles. The van der Waals surface area contributed by atoms with Crippen LogP contribution < -0.4 is 9.80 Å². The van der Waals surface area contributed by atoms with Crippen molar-refractivity contribution in [3.63, 3.8) is 0 Å². The smallest absolute Gasteiger partial charge is 0.244 e. The molecule has 2 aromatic heterocycles. The van der Waals surface area contributed by atoms with E-state index in [1.807, 2.05) is 30.2 Å². The lowest BCUT2D eigenvalue weighted by molar-refractivity contribution is -0.132. The van der Waals surface area contributed by atoms with Gasteiger partial charge in [-0.3, -0.25) is 9.48 Å². The molecule has 26 heavy (non-hydrogen) atoms. The molecule has 0 bridgehead atoms. The van der Waals surface area contributed by atoms with Crippen molar-refractivity contribution >= 4 is 17.7 Å². The Hall–Kier alpha value is -2.64. The summed E-state index contributed by atoms with van der Waals surface area (Å²) in [6, 6.07) is 3.88. The monoisotopic (exact) mass is 355 g/mol. The lowest BCUT2D eigenvalue weighted by Crippen LogP contribution is -2.50. The zero-order chi connectivity index (χ0) is 17.9. The Balaban J connectivity index is 1.39. The van der Waals surface area contributed by atoms with E-state index in [1.54, 1.807) is 10.9 Å². The minimum absolute atomic E-state index is 0.116. The largest absolute Gasteiger partial charge is 0.353 e. The van der Waals surface area contributed by atoms with Crippen molar-refractivity contribution in [3.8, 4) is 0 Å². The number of aryl methyl sites for hydroxylation is 1. The number of hydrogen-bond acceptors (Lipinski definition) is 6. The molecule has 2 aliphatic heterocycles. The van der Waals surface area contributed by atoms with Crippen LogP contribution in [0.4, 0.5) is 11.8 Å². The normalized spacial score (nSPS) is 17.8. The first-order valence-electron chi connectivity index (χ1n) is 9.30. The average molecular weight is 355 g/mol. The van der Waals surface area contributed by atoms with Gasteiger partial charge in [0.05, 0.1) is 0 Å². The Labute approximate surface area is 153 Å². The van der Waals surface area contributed by atoms with E-state index in [0.29, 0.717) is 19.6 Å². The fourth-order valence-corrected chi connectivity index (χ4v) is 3.57. The first kappa shape index (κ1) is 16.8.